The lowest BCUT2D eigenvalue weighted by Crippen LogP contribution is -2.31. The third-order valence-corrected chi connectivity index (χ3v) is 2.59. The van der Waals surface area contributed by atoms with Gasteiger partial charge in [-0.05, 0) is 50.1 Å². The van der Waals surface area contributed by atoms with E-state index >= 15 is 0 Å². The fourth-order valence-electron chi connectivity index (χ4n) is 1.32. The number of carbonyl (C=O) groups is 1. The van der Waals surface area contributed by atoms with E-state index in [0.717, 1.165) is 17.7 Å². The molecule has 0 bridgehead atoms. The fourth-order valence-corrected chi connectivity index (χ4v) is 1.32. The van der Waals surface area contributed by atoms with Crippen molar-refractivity contribution in [2.24, 2.45) is 0 Å². The summed E-state index contributed by atoms with van der Waals surface area (Å²) in [6.07, 6.45) is 0.922. The molecule has 0 saturated heterocycles. The van der Waals surface area contributed by atoms with Crippen LogP contribution >= 0.6 is 0 Å². The van der Waals surface area contributed by atoms with Gasteiger partial charge in [-0.15, -0.1) is 0 Å². The van der Waals surface area contributed by atoms with E-state index in [4.69, 9.17) is 4.74 Å². The molecular formula is C15H21NO2. The quantitative estimate of drug-likeness (QED) is 0.784. The second-order valence-corrected chi connectivity index (χ2v) is 4.55. The van der Waals surface area contributed by atoms with E-state index in [-0.39, 0.29) is 11.9 Å². The summed E-state index contributed by atoms with van der Waals surface area (Å²) in [4.78, 5) is 11.8. The third kappa shape index (κ3) is 4.62. The number of rotatable bonds is 6. The molecule has 3 nitrogen and oxygen atoms in total. The van der Waals surface area contributed by atoms with Gasteiger partial charge in [-0.2, -0.15) is 0 Å². The van der Waals surface area contributed by atoms with E-state index in [1.54, 1.807) is 24.3 Å². The summed E-state index contributed by atoms with van der Waals surface area (Å²) < 4.78 is 5.47. The van der Waals surface area contributed by atoms with Crippen molar-refractivity contribution in [3.05, 3.63) is 42.0 Å². The van der Waals surface area contributed by atoms with E-state index in [9.17, 15) is 4.79 Å². The summed E-state index contributed by atoms with van der Waals surface area (Å²) in [5, 5.41) is 2.92. The maximum absolute atomic E-state index is 11.8. The van der Waals surface area contributed by atoms with Crippen molar-refractivity contribution >= 4 is 5.91 Å². The number of hydrogen-bond acceptors (Lipinski definition) is 2. The van der Waals surface area contributed by atoms with Gasteiger partial charge in [0.05, 0.1) is 0 Å². The Bertz CT molecular complexity index is 409. The lowest BCUT2D eigenvalue weighted by Gasteiger charge is -2.11. The molecule has 0 radical (unpaired) electrons. The molecule has 0 saturated carbocycles. The van der Waals surface area contributed by atoms with Crippen LogP contribution in [0.15, 0.2) is 36.4 Å². The van der Waals surface area contributed by atoms with E-state index in [0.29, 0.717) is 12.2 Å². The molecule has 0 spiro atoms. The van der Waals surface area contributed by atoms with Crippen LogP contribution in [0.25, 0.3) is 0 Å². The van der Waals surface area contributed by atoms with Crippen molar-refractivity contribution < 1.29 is 9.53 Å². The van der Waals surface area contributed by atoms with Crippen molar-refractivity contribution in [2.75, 3.05) is 6.61 Å². The van der Waals surface area contributed by atoms with Crippen LogP contribution in [-0.2, 0) is 0 Å². The predicted molar refractivity (Wildman–Crippen MR) is 74.0 cm³/mol. The molecule has 18 heavy (non-hydrogen) atoms. The molecule has 0 aliphatic carbocycles. The lowest BCUT2D eigenvalue weighted by molar-refractivity contribution is 0.0939. The normalized spacial score (nSPS) is 11.7. The zero-order chi connectivity index (χ0) is 13.5. The van der Waals surface area contributed by atoms with Gasteiger partial charge in [0.2, 0.25) is 0 Å². The first-order valence-corrected chi connectivity index (χ1v) is 6.21. The summed E-state index contributed by atoms with van der Waals surface area (Å²) >= 11 is 0. The maximum Gasteiger partial charge on any atom is 0.251 e. The third-order valence-electron chi connectivity index (χ3n) is 2.59. The minimum Gasteiger partial charge on any atom is -0.489 e. The number of hydrogen-bond donors (Lipinski definition) is 1. The molecule has 0 aliphatic heterocycles. The van der Waals surface area contributed by atoms with E-state index in [1.165, 1.54) is 0 Å². The Kier molecular flexibility index (Phi) is 5.43. The van der Waals surface area contributed by atoms with Gasteiger partial charge in [0.25, 0.3) is 5.91 Å². The second-order valence-electron chi connectivity index (χ2n) is 4.55. The van der Waals surface area contributed by atoms with Gasteiger partial charge in [0.15, 0.2) is 0 Å². The van der Waals surface area contributed by atoms with Crippen LogP contribution in [0.3, 0.4) is 0 Å². The summed E-state index contributed by atoms with van der Waals surface area (Å²) in [6, 6.07) is 7.33. The Morgan fingerprint density at radius 2 is 2.00 bits per heavy atom. The molecule has 0 aromatic heterocycles. The SMILES string of the molecule is C=C(C)COc1ccc(C(=O)NC(C)CC)cc1. The van der Waals surface area contributed by atoms with Gasteiger partial charge >= 0.3 is 0 Å². The Morgan fingerprint density at radius 1 is 1.39 bits per heavy atom. The largest absolute Gasteiger partial charge is 0.489 e. The van der Waals surface area contributed by atoms with Gasteiger partial charge in [0, 0.05) is 11.6 Å². The van der Waals surface area contributed by atoms with Crippen LogP contribution in [-0.4, -0.2) is 18.6 Å². The van der Waals surface area contributed by atoms with Crippen LogP contribution in [0.1, 0.15) is 37.6 Å². The molecule has 1 amide bonds. The maximum atomic E-state index is 11.8. The Labute approximate surface area is 109 Å². The van der Waals surface area contributed by atoms with Crippen LogP contribution in [0.5, 0.6) is 5.75 Å². The van der Waals surface area contributed by atoms with Crippen molar-refractivity contribution in [3.8, 4) is 5.75 Å². The van der Waals surface area contributed by atoms with Crippen LogP contribution in [0.2, 0.25) is 0 Å². The van der Waals surface area contributed by atoms with Gasteiger partial charge in [-0.1, -0.05) is 13.5 Å². The van der Waals surface area contributed by atoms with Gasteiger partial charge < -0.3 is 10.1 Å². The van der Waals surface area contributed by atoms with E-state index in [2.05, 4.69) is 11.9 Å². The molecule has 1 rings (SSSR count). The number of carbonyl (C=O) groups excluding carboxylic acids is 1. The average molecular weight is 247 g/mol. The number of benzene rings is 1. The van der Waals surface area contributed by atoms with Crippen LogP contribution in [0.4, 0.5) is 0 Å². The molecule has 1 unspecified atom stereocenters. The highest BCUT2D eigenvalue weighted by molar-refractivity contribution is 5.94. The molecule has 3 heteroatoms. The molecular weight excluding hydrogens is 226 g/mol. The zero-order valence-corrected chi connectivity index (χ0v) is 11.3. The van der Waals surface area contributed by atoms with Crippen molar-refractivity contribution in [3.63, 3.8) is 0 Å². The Morgan fingerprint density at radius 3 is 2.50 bits per heavy atom. The van der Waals surface area contributed by atoms with Crippen LogP contribution < -0.4 is 10.1 Å². The molecule has 1 aromatic rings. The number of ether oxygens (including phenoxy) is 1. The standard InChI is InChI=1S/C15H21NO2/c1-5-12(4)16-15(17)13-6-8-14(9-7-13)18-10-11(2)3/h6-9,12H,2,5,10H2,1,3-4H3,(H,16,17). The Hall–Kier alpha value is -1.77. The van der Waals surface area contributed by atoms with E-state index in [1.807, 2.05) is 20.8 Å². The molecule has 1 atom stereocenters. The minimum absolute atomic E-state index is 0.0456. The second kappa shape index (κ2) is 6.84. The molecule has 0 fully saturated rings. The van der Waals surface area contributed by atoms with Crippen molar-refractivity contribution in [2.45, 2.75) is 33.2 Å². The topological polar surface area (TPSA) is 38.3 Å². The number of nitrogens with one attached hydrogen (secondary N) is 1. The first-order chi connectivity index (χ1) is 8.52. The summed E-state index contributed by atoms with van der Waals surface area (Å²) in [5.74, 6) is 0.703. The van der Waals surface area contributed by atoms with Crippen molar-refractivity contribution in [1.29, 1.82) is 0 Å². The summed E-state index contributed by atoms with van der Waals surface area (Å²) in [7, 11) is 0. The smallest absolute Gasteiger partial charge is 0.251 e. The van der Waals surface area contributed by atoms with Crippen molar-refractivity contribution in [1.82, 2.24) is 5.32 Å². The molecule has 98 valence electrons. The van der Waals surface area contributed by atoms with Crippen LogP contribution in [0, 0.1) is 0 Å². The molecule has 1 N–H and O–H groups in total. The molecule has 0 heterocycles. The highest BCUT2D eigenvalue weighted by Gasteiger charge is 2.08. The van der Waals surface area contributed by atoms with E-state index < -0.39 is 0 Å². The summed E-state index contributed by atoms with van der Waals surface area (Å²) in [6.45, 7) is 10.2. The molecule has 1 aromatic carbocycles. The lowest BCUT2D eigenvalue weighted by atomic mass is 10.2. The predicted octanol–water partition coefficient (Wildman–Crippen LogP) is 3.17. The highest BCUT2D eigenvalue weighted by atomic mass is 16.5. The monoisotopic (exact) mass is 247 g/mol. The number of amides is 1. The average Bonchev–Trinajstić information content (AvgIpc) is 2.36. The zero-order valence-electron chi connectivity index (χ0n) is 11.3. The Balaban J connectivity index is 2.59. The first-order valence-electron chi connectivity index (χ1n) is 6.21. The van der Waals surface area contributed by atoms with Gasteiger partial charge in [0.1, 0.15) is 12.4 Å². The fraction of sp³-hybridized carbons (Fsp3) is 0.400. The first kappa shape index (κ1) is 14.3. The highest BCUT2D eigenvalue weighted by Crippen LogP contribution is 2.13. The summed E-state index contributed by atoms with van der Waals surface area (Å²) in [5.41, 5.74) is 1.62. The van der Waals surface area contributed by atoms with Gasteiger partial charge in [-0.25, -0.2) is 0 Å². The van der Waals surface area contributed by atoms with Gasteiger partial charge in [-0.3, -0.25) is 4.79 Å². The minimum atomic E-state index is -0.0456. The molecule has 0 aliphatic rings.